The first-order chi connectivity index (χ1) is 30.2. The standard InChI is InChI=1S/C56H32N4O/c1-2-12-35(13-3-1)53-58-54(39-17-11-16-36(30-39)40-31-37-26-24-33-14-10-15-34-25-27-38(32-40)50(37)49(33)34)60-55(59-53)46-29-28-45(41-18-4-5-19-42(41)46)52-44-21-7-6-20-43(44)51-47-22-8-9-23-48(47)61-56(51)57-52/h1-32H. The van der Waals surface area contributed by atoms with Crippen LogP contribution in [0.1, 0.15) is 0 Å². The number of fused-ring (bicyclic) bond motifs is 6. The smallest absolute Gasteiger partial charge is 0.228 e. The Morgan fingerprint density at radius 3 is 1.61 bits per heavy atom. The number of para-hydroxylation sites is 1. The molecule has 0 bridgehead atoms. The van der Waals surface area contributed by atoms with Gasteiger partial charge in [0.05, 0.1) is 11.1 Å². The van der Waals surface area contributed by atoms with Crippen LogP contribution in [0.2, 0.25) is 0 Å². The van der Waals surface area contributed by atoms with Gasteiger partial charge in [0.25, 0.3) is 0 Å². The van der Waals surface area contributed by atoms with E-state index in [1.165, 1.54) is 32.3 Å². The van der Waals surface area contributed by atoms with Gasteiger partial charge in [-0.05, 0) is 89.9 Å². The fourth-order valence-corrected chi connectivity index (χ4v) is 9.45. The molecule has 61 heavy (non-hydrogen) atoms. The number of rotatable bonds is 5. The van der Waals surface area contributed by atoms with Crippen LogP contribution in [0.15, 0.2) is 199 Å². The van der Waals surface area contributed by atoms with Gasteiger partial charge in [-0.2, -0.15) is 0 Å². The Morgan fingerprint density at radius 2 is 0.836 bits per heavy atom. The SMILES string of the molecule is c1ccc(-c2nc(-c3cccc(-c4cc5ccc6cccc7ccc(c4)c5c67)c3)nc(-c3ccc(-c4nc5oc6ccccc6c5c5ccccc45)c4ccccc34)n2)cc1. The number of furan rings is 1. The Labute approximate surface area is 349 Å². The molecule has 0 aliphatic carbocycles. The van der Waals surface area contributed by atoms with E-state index in [9.17, 15) is 0 Å². The number of hydrogen-bond donors (Lipinski definition) is 0. The lowest BCUT2D eigenvalue weighted by atomic mass is 9.91. The molecule has 13 aromatic rings. The molecule has 0 N–H and O–H groups in total. The summed E-state index contributed by atoms with van der Waals surface area (Å²) in [6.45, 7) is 0. The van der Waals surface area contributed by atoms with Gasteiger partial charge in [-0.15, -0.1) is 0 Å². The lowest BCUT2D eigenvalue weighted by molar-refractivity contribution is 0.655. The van der Waals surface area contributed by atoms with Crippen molar-refractivity contribution >= 4 is 75.9 Å². The summed E-state index contributed by atoms with van der Waals surface area (Å²) in [5.41, 5.74) is 8.33. The summed E-state index contributed by atoms with van der Waals surface area (Å²) in [4.78, 5) is 20.8. The molecule has 0 saturated heterocycles. The number of benzene rings is 10. The van der Waals surface area contributed by atoms with Crippen LogP contribution in [-0.4, -0.2) is 19.9 Å². The second-order valence-electron chi connectivity index (χ2n) is 15.8. The highest BCUT2D eigenvalue weighted by molar-refractivity contribution is 6.24. The van der Waals surface area contributed by atoms with Crippen molar-refractivity contribution in [2.24, 2.45) is 0 Å². The second-order valence-corrected chi connectivity index (χ2v) is 15.8. The average Bonchev–Trinajstić information content (AvgIpc) is 3.71. The third-order valence-corrected chi connectivity index (χ3v) is 12.2. The molecule has 5 nitrogen and oxygen atoms in total. The van der Waals surface area contributed by atoms with Gasteiger partial charge in [-0.1, -0.05) is 164 Å². The first-order valence-electron chi connectivity index (χ1n) is 20.5. The molecule has 0 fully saturated rings. The Balaban J connectivity index is 0.980. The monoisotopic (exact) mass is 776 g/mol. The molecular weight excluding hydrogens is 745 g/mol. The minimum atomic E-state index is 0.602. The van der Waals surface area contributed by atoms with Gasteiger partial charge in [0.1, 0.15) is 5.58 Å². The molecule has 10 aromatic carbocycles. The van der Waals surface area contributed by atoms with Gasteiger partial charge in [0.15, 0.2) is 17.5 Å². The number of nitrogens with zero attached hydrogens (tertiary/aromatic N) is 4. The Bertz CT molecular complexity index is 3830. The topological polar surface area (TPSA) is 64.7 Å². The zero-order chi connectivity index (χ0) is 40.0. The van der Waals surface area contributed by atoms with Crippen LogP contribution in [0.3, 0.4) is 0 Å². The molecule has 0 amide bonds. The van der Waals surface area contributed by atoms with E-state index in [-0.39, 0.29) is 0 Å². The van der Waals surface area contributed by atoms with Crippen LogP contribution in [0.4, 0.5) is 0 Å². The van der Waals surface area contributed by atoms with E-state index in [0.29, 0.717) is 23.2 Å². The molecule has 0 aliphatic heterocycles. The molecule has 0 unspecified atom stereocenters. The maximum atomic E-state index is 6.38. The van der Waals surface area contributed by atoms with Crippen LogP contribution in [0, 0.1) is 0 Å². The normalized spacial score (nSPS) is 11.9. The van der Waals surface area contributed by atoms with Crippen molar-refractivity contribution in [2.45, 2.75) is 0 Å². The third-order valence-electron chi connectivity index (χ3n) is 12.2. The molecule has 0 radical (unpaired) electrons. The largest absolute Gasteiger partial charge is 0.438 e. The van der Waals surface area contributed by atoms with Crippen molar-refractivity contribution in [2.75, 3.05) is 0 Å². The quantitative estimate of drug-likeness (QED) is 0.163. The van der Waals surface area contributed by atoms with Crippen LogP contribution >= 0.6 is 0 Å². The fraction of sp³-hybridized carbons (Fsp3) is 0. The maximum Gasteiger partial charge on any atom is 0.228 e. The molecule has 0 aliphatic rings. The summed E-state index contributed by atoms with van der Waals surface area (Å²) < 4.78 is 6.38. The van der Waals surface area contributed by atoms with Crippen molar-refractivity contribution in [1.82, 2.24) is 19.9 Å². The predicted molar refractivity (Wildman–Crippen MR) is 251 cm³/mol. The molecule has 0 spiro atoms. The zero-order valence-electron chi connectivity index (χ0n) is 32.7. The van der Waals surface area contributed by atoms with Crippen LogP contribution in [0.5, 0.6) is 0 Å². The van der Waals surface area contributed by atoms with E-state index in [4.69, 9.17) is 24.4 Å². The number of hydrogen-bond acceptors (Lipinski definition) is 5. The lowest BCUT2D eigenvalue weighted by Crippen LogP contribution is -2.01. The Hall–Kier alpha value is -8.28. The molecular formula is C56H32N4O. The summed E-state index contributed by atoms with van der Waals surface area (Å²) >= 11 is 0. The Kier molecular flexibility index (Phi) is 7.24. The van der Waals surface area contributed by atoms with E-state index in [1.807, 2.05) is 36.4 Å². The van der Waals surface area contributed by atoms with Crippen molar-refractivity contribution in [1.29, 1.82) is 0 Å². The first-order valence-corrected chi connectivity index (χ1v) is 20.5. The summed E-state index contributed by atoms with van der Waals surface area (Å²) in [6, 6.07) is 68.2. The van der Waals surface area contributed by atoms with Gasteiger partial charge in [0.2, 0.25) is 5.71 Å². The highest BCUT2D eigenvalue weighted by Crippen LogP contribution is 2.42. The van der Waals surface area contributed by atoms with E-state index < -0.39 is 0 Å². The molecule has 3 aromatic heterocycles. The van der Waals surface area contributed by atoms with Crippen LogP contribution in [-0.2, 0) is 0 Å². The van der Waals surface area contributed by atoms with Crippen LogP contribution < -0.4 is 0 Å². The molecule has 0 saturated carbocycles. The molecule has 3 heterocycles. The lowest BCUT2D eigenvalue weighted by Gasteiger charge is -2.14. The van der Waals surface area contributed by atoms with Crippen molar-refractivity contribution in [3.8, 4) is 56.5 Å². The highest BCUT2D eigenvalue weighted by atomic mass is 16.3. The van der Waals surface area contributed by atoms with E-state index in [2.05, 4.69) is 158 Å². The fourth-order valence-electron chi connectivity index (χ4n) is 9.45. The maximum absolute atomic E-state index is 6.38. The summed E-state index contributed by atoms with van der Waals surface area (Å²) in [7, 11) is 0. The minimum Gasteiger partial charge on any atom is -0.438 e. The first kappa shape index (κ1) is 33.7. The zero-order valence-corrected chi connectivity index (χ0v) is 32.7. The van der Waals surface area contributed by atoms with E-state index in [1.54, 1.807) is 0 Å². The van der Waals surface area contributed by atoms with Gasteiger partial charge < -0.3 is 4.42 Å². The summed E-state index contributed by atoms with van der Waals surface area (Å²) in [6.07, 6.45) is 0. The molecule has 13 rings (SSSR count). The van der Waals surface area contributed by atoms with E-state index >= 15 is 0 Å². The van der Waals surface area contributed by atoms with Gasteiger partial charge in [-0.3, -0.25) is 0 Å². The average molecular weight is 777 g/mol. The second kappa shape index (κ2) is 13.1. The van der Waals surface area contributed by atoms with Gasteiger partial charge >= 0.3 is 0 Å². The van der Waals surface area contributed by atoms with Crippen molar-refractivity contribution < 1.29 is 4.42 Å². The van der Waals surface area contributed by atoms with Crippen molar-refractivity contribution in [3.63, 3.8) is 0 Å². The van der Waals surface area contributed by atoms with E-state index in [0.717, 1.165) is 77.0 Å². The van der Waals surface area contributed by atoms with Gasteiger partial charge in [-0.25, -0.2) is 19.9 Å². The minimum absolute atomic E-state index is 0.602. The Morgan fingerprint density at radius 1 is 0.295 bits per heavy atom. The molecule has 0 atom stereocenters. The highest BCUT2D eigenvalue weighted by Gasteiger charge is 2.21. The third kappa shape index (κ3) is 5.27. The van der Waals surface area contributed by atoms with Crippen LogP contribution in [0.25, 0.3) is 132 Å². The summed E-state index contributed by atoms with van der Waals surface area (Å²) in [5.74, 6) is 1.83. The molecule has 5 heteroatoms. The predicted octanol–water partition coefficient (Wildman–Crippen LogP) is 14.7. The van der Waals surface area contributed by atoms with Crippen molar-refractivity contribution in [3.05, 3.63) is 194 Å². The number of pyridine rings is 1. The van der Waals surface area contributed by atoms with Gasteiger partial charge in [0, 0.05) is 33.0 Å². The molecule has 282 valence electrons. The summed E-state index contributed by atoms with van der Waals surface area (Å²) in [5, 5.41) is 14.0. The number of aromatic nitrogens is 4.